The number of carbonyl (C=O) groups excluding carboxylic acids is 3. The Bertz CT molecular complexity index is 1170. The summed E-state index contributed by atoms with van der Waals surface area (Å²) >= 11 is 0. The molecule has 0 radical (unpaired) electrons. The van der Waals surface area contributed by atoms with Crippen molar-refractivity contribution in [2.24, 2.45) is 11.3 Å². The van der Waals surface area contributed by atoms with E-state index in [2.05, 4.69) is 20.9 Å². The molecule has 10 nitrogen and oxygen atoms in total. The van der Waals surface area contributed by atoms with Gasteiger partial charge in [-0.2, -0.15) is 0 Å². The van der Waals surface area contributed by atoms with Crippen LogP contribution in [0.25, 0.3) is 0 Å². The number of hydrogen-bond donors (Lipinski definition) is 3. The molecule has 1 aliphatic carbocycles. The van der Waals surface area contributed by atoms with E-state index >= 15 is 0 Å². The van der Waals surface area contributed by atoms with Crippen LogP contribution < -0.4 is 20.7 Å². The van der Waals surface area contributed by atoms with E-state index in [0.29, 0.717) is 24.5 Å². The Morgan fingerprint density at radius 1 is 1.18 bits per heavy atom. The fourth-order valence-electron chi connectivity index (χ4n) is 6.16. The molecule has 2 aliphatic rings. The number of methoxy groups -OCH3 is 1. The second-order valence-corrected chi connectivity index (χ2v) is 10.7. The number of aromatic nitrogens is 1. The van der Waals surface area contributed by atoms with E-state index in [1.165, 1.54) is 0 Å². The molecule has 1 aromatic heterocycles. The van der Waals surface area contributed by atoms with Crippen LogP contribution in [0.2, 0.25) is 0 Å². The molecule has 1 spiro atoms. The van der Waals surface area contributed by atoms with Crippen molar-refractivity contribution >= 4 is 17.8 Å². The van der Waals surface area contributed by atoms with Gasteiger partial charge in [0.2, 0.25) is 11.8 Å². The Morgan fingerprint density at radius 2 is 1.98 bits per heavy atom. The van der Waals surface area contributed by atoms with E-state index in [9.17, 15) is 14.4 Å². The fourth-order valence-corrected chi connectivity index (χ4v) is 6.16. The maximum Gasteiger partial charge on any atom is 0.314 e. The van der Waals surface area contributed by atoms with E-state index in [1.54, 1.807) is 31.5 Å². The number of urea groups is 1. The van der Waals surface area contributed by atoms with Gasteiger partial charge in [-0.05, 0) is 72.9 Å². The second-order valence-electron chi connectivity index (χ2n) is 10.7. The summed E-state index contributed by atoms with van der Waals surface area (Å²) in [5.74, 6) is 0.0402. The number of hydrogen-bond acceptors (Lipinski definition) is 6. The number of carbonyl (C=O) groups is 3. The Morgan fingerprint density at radius 3 is 2.67 bits per heavy atom. The quantitative estimate of drug-likeness (QED) is 0.417. The van der Waals surface area contributed by atoms with Crippen LogP contribution in [-0.4, -0.2) is 68.2 Å². The van der Waals surface area contributed by atoms with Gasteiger partial charge in [0.15, 0.2) is 0 Å². The first-order valence-corrected chi connectivity index (χ1v) is 14.0. The molecule has 2 atom stereocenters. The lowest BCUT2D eigenvalue weighted by atomic mass is 9.71. The number of ether oxygens (including phenoxy) is 2. The molecule has 1 aliphatic heterocycles. The van der Waals surface area contributed by atoms with Gasteiger partial charge in [0.25, 0.3) is 0 Å². The van der Waals surface area contributed by atoms with Crippen molar-refractivity contribution < 1.29 is 23.9 Å². The zero-order valence-corrected chi connectivity index (χ0v) is 23.7. The molecule has 10 heteroatoms. The largest absolute Gasteiger partial charge is 0.497 e. The number of aryl methyl sites for hydroxylation is 1. The summed E-state index contributed by atoms with van der Waals surface area (Å²) in [5.41, 5.74) is 2.31. The lowest BCUT2D eigenvalue weighted by molar-refractivity contribution is -0.149. The molecule has 4 rings (SSSR count). The highest BCUT2D eigenvalue weighted by Gasteiger charge is 2.49. The summed E-state index contributed by atoms with van der Waals surface area (Å²) in [5, 5.41) is 8.36. The second kappa shape index (κ2) is 13.6. The topological polar surface area (TPSA) is 122 Å². The Balaban J connectivity index is 1.71. The molecule has 1 saturated heterocycles. The summed E-state index contributed by atoms with van der Waals surface area (Å²) in [7, 11) is 3.12. The predicted molar refractivity (Wildman–Crippen MR) is 151 cm³/mol. The minimum Gasteiger partial charge on any atom is -0.497 e. The molecular formula is C30H41N5O5. The molecule has 2 unspecified atom stereocenters. The Hall–Kier alpha value is -3.66. The number of nitrogens with one attached hydrogen (secondary N) is 3. The van der Waals surface area contributed by atoms with Crippen molar-refractivity contribution in [3.63, 3.8) is 0 Å². The van der Waals surface area contributed by atoms with Crippen LogP contribution in [0.5, 0.6) is 5.75 Å². The summed E-state index contributed by atoms with van der Waals surface area (Å²) in [6.07, 6.45) is 7.78. The van der Waals surface area contributed by atoms with Gasteiger partial charge >= 0.3 is 6.03 Å². The Labute approximate surface area is 236 Å². The number of benzene rings is 1. The van der Waals surface area contributed by atoms with E-state index < -0.39 is 6.04 Å². The highest BCUT2D eigenvalue weighted by Crippen LogP contribution is 2.51. The molecule has 0 bridgehead atoms. The van der Waals surface area contributed by atoms with Crippen LogP contribution >= 0.6 is 0 Å². The van der Waals surface area contributed by atoms with Crippen molar-refractivity contribution in [1.82, 2.24) is 25.8 Å². The van der Waals surface area contributed by atoms with Gasteiger partial charge in [0.1, 0.15) is 11.8 Å². The number of pyridine rings is 1. The van der Waals surface area contributed by atoms with Crippen LogP contribution in [0.15, 0.2) is 42.7 Å². The molecule has 1 aromatic carbocycles. The fraction of sp³-hybridized carbons (Fsp3) is 0.533. The maximum absolute atomic E-state index is 14.5. The molecule has 216 valence electrons. The van der Waals surface area contributed by atoms with Crippen molar-refractivity contribution in [2.45, 2.75) is 51.6 Å². The number of nitrogens with zero attached hydrogens (tertiary/aromatic N) is 2. The highest BCUT2D eigenvalue weighted by atomic mass is 16.5. The summed E-state index contributed by atoms with van der Waals surface area (Å²) in [6.45, 7) is 3.87. The molecule has 40 heavy (non-hydrogen) atoms. The molecule has 2 fully saturated rings. The minimum absolute atomic E-state index is 0.0555. The van der Waals surface area contributed by atoms with Gasteiger partial charge < -0.3 is 30.3 Å². The summed E-state index contributed by atoms with van der Waals surface area (Å²) in [4.78, 5) is 46.3. The van der Waals surface area contributed by atoms with Crippen molar-refractivity contribution in [3.05, 3.63) is 59.4 Å². The summed E-state index contributed by atoms with van der Waals surface area (Å²) < 4.78 is 11.2. The van der Waals surface area contributed by atoms with E-state index in [4.69, 9.17) is 9.47 Å². The number of rotatable bonds is 10. The first-order valence-electron chi connectivity index (χ1n) is 14.0. The molecule has 1 saturated carbocycles. The van der Waals surface area contributed by atoms with Crippen LogP contribution in [-0.2, 0) is 20.9 Å². The maximum atomic E-state index is 14.5. The van der Waals surface area contributed by atoms with Crippen LogP contribution in [0, 0.1) is 18.3 Å². The van der Waals surface area contributed by atoms with E-state index in [1.807, 2.05) is 37.3 Å². The van der Waals surface area contributed by atoms with Gasteiger partial charge in [-0.25, -0.2) is 4.79 Å². The normalized spacial score (nSPS) is 18.5. The SMILES string of the molecule is CNC(=O)NCCN(C(=O)C1CCCC12CCOCC2)C(C(=O)NCc1cccnc1)c1cc(C)cc(OC)c1. The molecule has 3 N–H and O–H groups in total. The third kappa shape index (κ3) is 6.91. The predicted octanol–water partition coefficient (Wildman–Crippen LogP) is 3.11. The van der Waals surface area contributed by atoms with E-state index in [0.717, 1.165) is 43.2 Å². The third-order valence-electron chi connectivity index (χ3n) is 8.22. The van der Waals surface area contributed by atoms with Crippen LogP contribution in [0.4, 0.5) is 4.79 Å². The first kappa shape index (κ1) is 29.3. The van der Waals surface area contributed by atoms with Gasteiger partial charge in [0, 0.05) is 58.2 Å². The zero-order chi connectivity index (χ0) is 28.5. The molecule has 2 aromatic rings. The standard InChI is InChI=1S/C30H41N5O5/c1-21-16-23(18-24(17-21)39-3)26(27(36)34-20-22-6-5-11-32-19-22)35(13-12-33-29(38)31-2)28(37)25-7-4-8-30(25)9-14-40-15-10-30/h5-6,11,16-19,25-26H,4,7-10,12-15,20H2,1-3H3,(H,34,36)(H2,31,33,38). The number of amides is 4. The third-order valence-corrected chi connectivity index (χ3v) is 8.22. The molecule has 4 amide bonds. The smallest absolute Gasteiger partial charge is 0.314 e. The van der Waals surface area contributed by atoms with Crippen LogP contribution in [0.1, 0.15) is 54.8 Å². The highest BCUT2D eigenvalue weighted by molar-refractivity contribution is 5.90. The van der Waals surface area contributed by atoms with Crippen molar-refractivity contribution in [3.8, 4) is 5.75 Å². The summed E-state index contributed by atoms with van der Waals surface area (Å²) in [6, 6.07) is 8.07. The van der Waals surface area contributed by atoms with Gasteiger partial charge in [-0.1, -0.05) is 18.6 Å². The van der Waals surface area contributed by atoms with E-state index in [-0.39, 0.29) is 48.8 Å². The zero-order valence-electron chi connectivity index (χ0n) is 23.7. The lowest BCUT2D eigenvalue weighted by Crippen LogP contribution is -2.51. The monoisotopic (exact) mass is 551 g/mol. The molecular weight excluding hydrogens is 510 g/mol. The molecule has 2 heterocycles. The van der Waals surface area contributed by atoms with Gasteiger partial charge in [-0.15, -0.1) is 0 Å². The average molecular weight is 552 g/mol. The van der Waals surface area contributed by atoms with Crippen molar-refractivity contribution in [1.29, 1.82) is 0 Å². The minimum atomic E-state index is -0.915. The average Bonchev–Trinajstić information content (AvgIpc) is 3.37. The Kier molecular flexibility index (Phi) is 9.98. The van der Waals surface area contributed by atoms with Crippen LogP contribution in [0.3, 0.4) is 0 Å². The lowest BCUT2D eigenvalue weighted by Gasteiger charge is -2.42. The van der Waals surface area contributed by atoms with Crippen molar-refractivity contribution in [2.75, 3.05) is 40.5 Å². The first-order chi connectivity index (χ1) is 19.4. The van der Waals surface area contributed by atoms with Gasteiger partial charge in [0.05, 0.1) is 7.11 Å². The van der Waals surface area contributed by atoms with Gasteiger partial charge in [-0.3, -0.25) is 14.6 Å².